The maximum Gasteiger partial charge on any atom is 0.234 e. The third kappa shape index (κ3) is 3.80. The molecule has 1 aromatic carbocycles. The number of rotatable bonds is 5. The lowest BCUT2D eigenvalue weighted by Gasteiger charge is -2.24. The van der Waals surface area contributed by atoms with Crippen molar-refractivity contribution >= 4 is 5.91 Å². The average molecular weight is 240 g/mol. The molecule has 1 aromatic rings. The number of benzene rings is 1. The van der Waals surface area contributed by atoms with Gasteiger partial charge in [-0.2, -0.15) is 0 Å². The second-order valence-electron chi connectivity index (χ2n) is 4.09. The molecule has 0 radical (unpaired) electrons. The van der Waals surface area contributed by atoms with Gasteiger partial charge >= 0.3 is 0 Å². The molecule has 0 aromatic heterocycles. The fourth-order valence-electron chi connectivity index (χ4n) is 1.44. The maximum atomic E-state index is 12.7. The highest BCUT2D eigenvalue weighted by molar-refractivity contribution is 5.79. The van der Waals surface area contributed by atoms with Gasteiger partial charge in [0.1, 0.15) is 5.82 Å². The number of carbonyl (C=O) groups is 1. The van der Waals surface area contributed by atoms with Gasteiger partial charge in [-0.3, -0.25) is 9.69 Å². The molecule has 5 heteroatoms. The van der Waals surface area contributed by atoms with Crippen LogP contribution in [0.25, 0.3) is 0 Å². The third-order valence-corrected chi connectivity index (χ3v) is 2.79. The van der Waals surface area contributed by atoms with E-state index in [0.717, 1.165) is 0 Å². The van der Waals surface area contributed by atoms with Crippen LogP contribution in [0, 0.1) is 5.82 Å². The Balaban J connectivity index is 2.63. The summed E-state index contributed by atoms with van der Waals surface area (Å²) in [5, 5.41) is 9.90. The standard InChI is InChI=1S/C12H17FN2O2/c1-8(12(14)17)15(2)7-11(16)9-3-5-10(13)6-4-9/h3-6,8,11,16H,7H2,1-2H3,(H2,14,17)/t8-,11?/m1/s1. The van der Waals surface area contributed by atoms with Crippen LogP contribution in [0.5, 0.6) is 0 Å². The van der Waals surface area contributed by atoms with E-state index >= 15 is 0 Å². The molecule has 4 nitrogen and oxygen atoms in total. The van der Waals surface area contributed by atoms with E-state index in [4.69, 9.17) is 5.73 Å². The van der Waals surface area contributed by atoms with Gasteiger partial charge < -0.3 is 10.8 Å². The zero-order valence-corrected chi connectivity index (χ0v) is 9.93. The van der Waals surface area contributed by atoms with Gasteiger partial charge in [-0.05, 0) is 31.7 Å². The van der Waals surface area contributed by atoms with Gasteiger partial charge in [-0.25, -0.2) is 4.39 Å². The minimum Gasteiger partial charge on any atom is -0.387 e. The van der Waals surface area contributed by atoms with E-state index in [-0.39, 0.29) is 12.4 Å². The Hall–Kier alpha value is -1.46. The van der Waals surface area contributed by atoms with Crippen molar-refractivity contribution in [3.8, 4) is 0 Å². The third-order valence-electron chi connectivity index (χ3n) is 2.79. The molecule has 17 heavy (non-hydrogen) atoms. The molecule has 2 atom stereocenters. The lowest BCUT2D eigenvalue weighted by molar-refractivity contribution is -0.122. The van der Waals surface area contributed by atoms with Crippen molar-refractivity contribution < 1.29 is 14.3 Å². The van der Waals surface area contributed by atoms with Gasteiger partial charge in [-0.1, -0.05) is 12.1 Å². The first-order valence-corrected chi connectivity index (χ1v) is 5.35. The molecule has 0 saturated heterocycles. The van der Waals surface area contributed by atoms with Gasteiger partial charge in [0.15, 0.2) is 0 Å². The van der Waals surface area contributed by atoms with Crippen molar-refractivity contribution in [3.63, 3.8) is 0 Å². The van der Waals surface area contributed by atoms with E-state index in [2.05, 4.69) is 0 Å². The second-order valence-corrected chi connectivity index (χ2v) is 4.09. The first-order valence-electron chi connectivity index (χ1n) is 5.35. The van der Waals surface area contributed by atoms with Gasteiger partial charge in [-0.15, -0.1) is 0 Å². The topological polar surface area (TPSA) is 66.6 Å². The van der Waals surface area contributed by atoms with Gasteiger partial charge in [0.25, 0.3) is 0 Å². The van der Waals surface area contributed by atoms with Crippen molar-refractivity contribution in [2.75, 3.05) is 13.6 Å². The lowest BCUT2D eigenvalue weighted by atomic mass is 10.1. The Morgan fingerprint density at radius 3 is 2.47 bits per heavy atom. The van der Waals surface area contributed by atoms with Crippen molar-refractivity contribution in [2.24, 2.45) is 5.73 Å². The lowest BCUT2D eigenvalue weighted by Crippen LogP contribution is -2.42. The minimum atomic E-state index is -0.776. The quantitative estimate of drug-likeness (QED) is 0.794. The van der Waals surface area contributed by atoms with Crippen molar-refractivity contribution in [2.45, 2.75) is 19.1 Å². The number of aliphatic hydroxyl groups is 1. The largest absolute Gasteiger partial charge is 0.387 e. The smallest absolute Gasteiger partial charge is 0.234 e. The van der Waals surface area contributed by atoms with Crippen LogP contribution in [0.15, 0.2) is 24.3 Å². The molecule has 1 rings (SSSR count). The molecular formula is C12H17FN2O2. The van der Waals surface area contributed by atoms with Crippen LogP contribution in [0.4, 0.5) is 4.39 Å². The molecule has 0 bridgehead atoms. The molecule has 0 aliphatic carbocycles. The van der Waals surface area contributed by atoms with E-state index in [9.17, 15) is 14.3 Å². The summed E-state index contributed by atoms with van der Waals surface area (Å²) < 4.78 is 12.7. The summed E-state index contributed by atoms with van der Waals surface area (Å²) in [6.07, 6.45) is -0.776. The van der Waals surface area contributed by atoms with Crippen LogP contribution >= 0.6 is 0 Å². The Kier molecular flexibility index (Phi) is 4.60. The molecular weight excluding hydrogens is 223 g/mol. The first kappa shape index (κ1) is 13.6. The van der Waals surface area contributed by atoms with Crippen molar-refractivity contribution in [1.82, 2.24) is 4.90 Å². The van der Waals surface area contributed by atoms with E-state index in [0.29, 0.717) is 5.56 Å². The number of carbonyl (C=O) groups excluding carboxylic acids is 1. The summed E-state index contributed by atoms with van der Waals surface area (Å²) in [6, 6.07) is 5.16. The normalized spacial score (nSPS) is 14.6. The van der Waals surface area contributed by atoms with E-state index < -0.39 is 18.1 Å². The molecule has 0 saturated carbocycles. The minimum absolute atomic E-state index is 0.260. The zero-order valence-electron chi connectivity index (χ0n) is 9.93. The summed E-state index contributed by atoms with van der Waals surface area (Å²) in [4.78, 5) is 12.6. The average Bonchev–Trinajstić information content (AvgIpc) is 2.28. The summed E-state index contributed by atoms with van der Waals surface area (Å²) in [7, 11) is 1.70. The predicted molar refractivity (Wildman–Crippen MR) is 62.6 cm³/mol. The number of hydrogen-bond donors (Lipinski definition) is 2. The van der Waals surface area contributed by atoms with Crippen molar-refractivity contribution in [3.05, 3.63) is 35.6 Å². The van der Waals surface area contributed by atoms with Crippen LogP contribution in [-0.4, -0.2) is 35.5 Å². The Labute approximate surface area is 99.8 Å². The number of halogens is 1. The number of nitrogens with two attached hydrogens (primary N) is 1. The number of aliphatic hydroxyl groups excluding tert-OH is 1. The molecule has 0 aliphatic heterocycles. The van der Waals surface area contributed by atoms with Gasteiger partial charge in [0.05, 0.1) is 12.1 Å². The zero-order chi connectivity index (χ0) is 13.0. The molecule has 94 valence electrons. The molecule has 0 fully saturated rings. The Bertz CT molecular complexity index is 381. The van der Waals surface area contributed by atoms with Crippen LogP contribution in [0.2, 0.25) is 0 Å². The number of primary amides is 1. The number of nitrogens with zero attached hydrogens (tertiary/aromatic N) is 1. The highest BCUT2D eigenvalue weighted by Gasteiger charge is 2.18. The van der Waals surface area contributed by atoms with Gasteiger partial charge in [0.2, 0.25) is 5.91 Å². The van der Waals surface area contributed by atoms with Gasteiger partial charge in [0, 0.05) is 6.54 Å². The van der Waals surface area contributed by atoms with Crippen LogP contribution in [0.1, 0.15) is 18.6 Å². The van der Waals surface area contributed by atoms with E-state index in [1.807, 2.05) is 0 Å². The fraction of sp³-hybridized carbons (Fsp3) is 0.417. The molecule has 3 N–H and O–H groups in total. The van der Waals surface area contributed by atoms with Crippen LogP contribution in [0.3, 0.4) is 0 Å². The molecule has 1 unspecified atom stereocenters. The van der Waals surface area contributed by atoms with E-state index in [1.165, 1.54) is 24.3 Å². The Morgan fingerprint density at radius 2 is 2.00 bits per heavy atom. The number of likely N-dealkylation sites (N-methyl/N-ethyl adjacent to an activating group) is 1. The van der Waals surface area contributed by atoms with Crippen LogP contribution in [-0.2, 0) is 4.79 Å². The highest BCUT2D eigenvalue weighted by Crippen LogP contribution is 2.15. The number of hydrogen-bond acceptors (Lipinski definition) is 3. The summed E-state index contributed by atoms with van der Waals surface area (Å²) in [5.74, 6) is -0.793. The highest BCUT2D eigenvalue weighted by atomic mass is 19.1. The first-order chi connectivity index (χ1) is 7.91. The molecule has 0 spiro atoms. The predicted octanol–water partition coefficient (Wildman–Crippen LogP) is 0.665. The number of amides is 1. The summed E-state index contributed by atoms with van der Waals surface area (Å²) in [5.41, 5.74) is 5.77. The van der Waals surface area contributed by atoms with E-state index in [1.54, 1.807) is 18.9 Å². The molecule has 0 aliphatic rings. The SMILES string of the molecule is C[C@H](C(N)=O)N(C)CC(O)c1ccc(F)cc1. The monoisotopic (exact) mass is 240 g/mol. The van der Waals surface area contributed by atoms with Crippen molar-refractivity contribution in [1.29, 1.82) is 0 Å². The summed E-state index contributed by atoms with van der Waals surface area (Å²) in [6.45, 7) is 1.93. The summed E-state index contributed by atoms with van der Waals surface area (Å²) >= 11 is 0. The van der Waals surface area contributed by atoms with Crippen LogP contribution < -0.4 is 5.73 Å². The maximum absolute atomic E-state index is 12.7. The molecule has 1 amide bonds. The fourth-order valence-corrected chi connectivity index (χ4v) is 1.44. The second kappa shape index (κ2) is 5.75. The molecule has 0 heterocycles. The Morgan fingerprint density at radius 1 is 1.47 bits per heavy atom.